The lowest BCUT2D eigenvalue weighted by molar-refractivity contribution is 0.289. The summed E-state index contributed by atoms with van der Waals surface area (Å²) in [5.74, 6) is 0.965. The quantitative estimate of drug-likeness (QED) is 0.417. The Morgan fingerprint density at radius 3 is 2.33 bits per heavy atom. The molecule has 0 spiro atoms. The predicted octanol–water partition coefficient (Wildman–Crippen LogP) is 2.50. The minimum Gasteiger partial charge on any atom is -0.501 e. The van der Waals surface area contributed by atoms with Crippen LogP contribution >= 0.6 is 0 Å². The average molecular weight is 126 g/mol. The van der Waals surface area contributed by atoms with E-state index in [1.807, 2.05) is 13.0 Å². The van der Waals surface area contributed by atoms with Crippen molar-refractivity contribution in [3.8, 4) is 0 Å². The average Bonchev–Trinajstić information content (AvgIpc) is 1.90. The van der Waals surface area contributed by atoms with Crippen molar-refractivity contribution in [1.82, 2.24) is 0 Å². The summed E-state index contributed by atoms with van der Waals surface area (Å²) in [5.41, 5.74) is 1.18. The maximum atomic E-state index is 5.00. The largest absolute Gasteiger partial charge is 0.501 e. The lowest BCUT2D eigenvalue weighted by Gasteiger charge is -2.02. The number of hydrogen-bond acceptors (Lipinski definition) is 1. The third-order valence-electron chi connectivity index (χ3n) is 1.39. The molecule has 0 aliphatic heterocycles. The maximum Gasteiger partial charge on any atom is 0.0956 e. The van der Waals surface area contributed by atoms with Crippen molar-refractivity contribution >= 4 is 0 Å². The molecule has 0 fully saturated rings. The van der Waals surface area contributed by atoms with Gasteiger partial charge in [0.15, 0.2) is 0 Å². The molecule has 1 nitrogen and oxygen atoms in total. The van der Waals surface area contributed by atoms with Crippen LogP contribution in [0.5, 0.6) is 0 Å². The fourth-order valence-electron chi connectivity index (χ4n) is 0.668. The molecule has 0 bridgehead atoms. The molecule has 0 aromatic rings. The Kier molecular flexibility index (Phi) is 3.85. The molecule has 0 amide bonds. The van der Waals surface area contributed by atoms with E-state index in [-0.39, 0.29) is 0 Å². The molecule has 0 atom stereocenters. The van der Waals surface area contributed by atoms with Gasteiger partial charge in [0.25, 0.3) is 0 Å². The first-order valence-corrected chi connectivity index (χ1v) is 3.12. The van der Waals surface area contributed by atoms with E-state index in [0.29, 0.717) is 0 Å². The van der Waals surface area contributed by atoms with Gasteiger partial charge in [0, 0.05) is 0 Å². The second kappa shape index (κ2) is 4.19. The van der Waals surface area contributed by atoms with Crippen molar-refractivity contribution in [2.24, 2.45) is 0 Å². The van der Waals surface area contributed by atoms with Gasteiger partial charge in [-0.3, -0.25) is 0 Å². The number of rotatable bonds is 3. The van der Waals surface area contributed by atoms with Crippen LogP contribution in [0.25, 0.3) is 0 Å². The molecule has 0 unspecified atom stereocenters. The smallest absolute Gasteiger partial charge is 0.0956 e. The molecule has 0 rings (SSSR count). The van der Waals surface area contributed by atoms with Crippen molar-refractivity contribution in [2.45, 2.75) is 20.3 Å². The van der Waals surface area contributed by atoms with Crippen molar-refractivity contribution in [1.29, 1.82) is 0 Å². The zero-order valence-electron chi connectivity index (χ0n) is 6.40. The van der Waals surface area contributed by atoms with Crippen LogP contribution in [0.3, 0.4) is 0 Å². The number of allylic oxidation sites excluding steroid dienone is 3. The predicted molar refractivity (Wildman–Crippen MR) is 40.2 cm³/mol. The normalized spacial score (nSPS) is 12.3. The Labute approximate surface area is 57.0 Å². The number of hydrogen-bond donors (Lipinski definition) is 0. The first-order valence-electron chi connectivity index (χ1n) is 3.12. The zero-order valence-corrected chi connectivity index (χ0v) is 6.40. The summed E-state index contributed by atoms with van der Waals surface area (Å²) in [5, 5.41) is 0. The third kappa shape index (κ3) is 2.36. The lowest BCUT2D eigenvalue weighted by atomic mass is 10.2. The molecule has 0 aliphatic carbocycles. The van der Waals surface area contributed by atoms with Gasteiger partial charge < -0.3 is 4.74 Å². The molecule has 0 aliphatic rings. The van der Waals surface area contributed by atoms with E-state index in [0.717, 1.165) is 12.2 Å². The first kappa shape index (κ1) is 8.28. The van der Waals surface area contributed by atoms with Gasteiger partial charge in [0.1, 0.15) is 0 Å². The third-order valence-corrected chi connectivity index (χ3v) is 1.39. The van der Waals surface area contributed by atoms with Gasteiger partial charge in [0.2, 0.25) is 0 Å². The van der Waals surface area contributed by atoms with Crippen LogP contribution in [0.4, 0.5) is 0 Å². The molecule has 0 aromatic carbocycles. The van der Waals surface area contributed by atoms with Crippen LogP contribution in [-0.2, 0) is 4.74 Å². The highest BCUT2D eigenvalue weighted by atomic mass is 16.5. The van der Waals surface area contributed by atoms with Crippen molar-refractivity contribution in [3.63, 3.8) is 0 Å². The van der Waals surface area contributed by atoms with Gasteiger partial charge in [-0.25, -0.2) is 0 Å². The summed E-state index contributed by atoms with van der Waals surface area (Å²) in [6.07, 6.45) is 2.82. The highest BCUT2D eigenvalue weighted by molar-refractivity contribution is 5.18. The van der Waals surface area contributed by atoms with Crippen LogP contribution < -0.4 is 0 Å². The summed E-state index contributed by atoms with van der Waals surface area (Å²) >= 11 is 0. The molecule has 9 heavy (non-hydrogen) atoms. The summed E-state index contributed by atoms with van der Waals surface area (Å²) in [6, 6.07) is 0. The fraction of sp³-hybridized carbons (Fsp3) is 0.500. The van der Waals surface area contributed by atoms with Crippen molar-refractivity contribution in [2.75, 3.05) is 7.11 Å². The molecule has 0 N–H and O–H groups in total. The Morgan fingerprint density at radius 2 is 2.22 bits per heavy atom. The number of methoxy groups -OCH3 is 1. The minimum absolute atomic E-state index is 0.965. The fourth-order valence-corrected chi connectivity index (χ4v) is 0.668. The molecule has 0 heterocycles. The molecular formula is C8H14O. The van der Waals surface area contributed by atoms with Crippen LogP contribution in [0.1, 0.15) is 20.3 Å². The summed E-state index contributed by atoms with van der Waals surface area (Å²) in [6.45, 7) is 7.69. The van der Waals surface area contributed by atoms with E-state index in [2.05, 4.69) is 13.5 Å². The maximum absolute atomic E-state index is 5.00. The molecule has 0 aromatic heterocycles. The van der Waals surface area contributed by atoms with E-state index >= 15 is 0 Å². The Balaban J connectivity index is 4.18. The molecule has 1 heteroatoms. The Hall–Kier alpha value is -0.720. The van der Waals surface area contributed by atoms with Gasteiger partial charge >= 0.3 is 0 Å². The van der Waals surface area contributed by atoms with E-state index < -0.39 is 0 Å². The minimum atomic E-state index is 0.965. The summed E-state index contributed by atoms with van der Waals surface area (Å²) in [7, 11) is 1.68. The monoisotopic (exact) mass is 126 g/mol. The van der Waals surface area contributed by atoms with Crippen LogP contribution in [0.2, 0.25) is 0 Å². The van der Waals surface area contributed by atoms with Crippen molar-refractivity contribution in [3.05, 3.63) is 24.0 Å². The van der Waals surface area contributed by atoms with E-state index in [1.54, 1.807) is 7.11 Å². The summed E-state index contributed by atoms with van der Waals surface area (Å²) in [4.78, 5) is 0. The first-order chi connectivity index (χ1) is 4.26. The summed E-state index contributed by atoms with van der Waals surface area (Å²) < 4.78 is 5.00. The van der Waals surface area contributed by atoms with Gasteiger partial charge in [-0.1, -0.05) is 19.6 Å². The van der Waals surface area contributed by atoms with Crippen LogP contribution in [-0.4, -0.2) is 7.11 Å². The number of ether oxygens (including phenoxy) is 1. The van der Waals surface area contributed by atoms with Gasteiger partial charge in [-0.05, 0) is 18.9 Å². The van der Waals surface area contributed by atoms with E-state index in [1.165, 1.54) is 5.57 Å². The molecular weight excluding hydrogens is 112 g/mol. The Morgan fingerprint density at radius 1 is 1.67 bits per heavy atom. The molecule has 0 saturated carbocycles. The van der Waals surface area contributed by atoms with Gasteiger partial charge in [0.05, 0.1) is 12.9 Å². The van der Waals surface area contributed by atoms with Crippen molar-refractivity contribution < 1.29 is 4.74 Å². The molecule has 0 saturated heterocycles. The topological polar surface area (TPSA) is 9.23 Å². The second-order valence-corrected chi connectivity index (χ2v) is 1.84. The highest BCUT2D eigenvalue weighted by Crippen LogP contribution is 2.08. The van der Waals surface area contributed by atoms with Crippen LogP contribution in [0, 0.1) is 0 Å². The SMILES string of the molecule is C=C/C(CC)=C(/C)OC. The van der Waals surface area contributed by atoms with Crippen LogP contribution in [0.15, 0.2) is 24.0 Å². The standard InChI is InChI=1S/C8H14O/c1-5-8(6-2)7(3)9-4/h5H,1,6H2,2-4H3/b8-7+. The van der Waals surface area contributed by atoms with Gasteiger partial charge in [-0.2, -0.15) is 0 Å². The molecule has 52 valence electrons. The van der Waals surface area contributed by atoms with E-state index in [9.17, 15) is 0 Å². The highest BCUT2D eigenvalue weighted by Gasteiger charge is 1.92. The van der Waals surface area contributed by atoms with E-state index in [4.69, 9.17) is 4.74 Å². The molecule has 0 radical (unpaired) electrons. The van der Waals surface area contributed by atoms with Gasteiger partial charge in [-0.15, -0.1) is 0 Å². The Bertz CT molecular complexity index is 123. The lowest BCUT2D eigenvalue weighted by Crippen LogP contribution is -1.85. The second-order valence-electron chi connectivity index (χ2n) is 1.84. The zero-order chi connectivity index (χ0) is 7.28.